The van der Waals surface area contributed by atoms with Crippen molar-refractivity contribution >= 4 is 27.7 Å². The molecule has 0 saturated carbocycles. The Morgan fingerprint density at radius 3 is 2.42 bits per heavy atom. The van der Waals surface area contributed by atoms with E-state index < -0.39 is 11.7 Å². The second-order valence-corrected chi connectivity index (χ2v) is 5.77. The van der Waals surface area contributed by atoms with Crippen LogP contribution in [0.4, 0.5) is 13.2 Å². The van der Waals surface area contributed by atoms with E-state index in [1.807, 2.05) is 0 Å². The van der Waals surface area contributed by atoms with Crippen LogP contribution < -0.4 is 0 Å². The first-order valence-corrected chi connectivity index (χ1v) is 6.81. The van der Waals surface area contributed by atoms with Gasteiger partial charge < -0.3 is 5.11 Å². The monoisotopic (exact) mass is 348 g/mol. The molecule has 6 heteroatoms. The predicted molar refractivity (Wildman–Crippen MR) is 71.4 cm³/mol. The Balaban J connectivity index is 2.40. The summed E-state index contributed by atoms with van der Waals surface area (Å²) >= 11 is 4.00. The molecule has 0 unspecified atom stereocenters. The zero-order valence-corrected chi connectivity index (χ0v) is 11.8. The van der Waals surface area contributed by atoms with Crippen LogP contribution >= 0.6 is 27.7 Å². The number of halogens is 4. The molecular formula is C13H8BrF3OS. The third kappa shape index (κ3) is 3.67. The van der Waals surface area contributed by atoms with E-state index in [1.54, 1.807) is 18.2 Å². The van der Waals surface area contributed by atoms with E-state index in [1.165, 1.54) is 18.2 Å². The van der Waals surface area contributed by atoms with Gasteiger partial charge in [0.2, 0.25) is 0 Å². The maximum absolute atomic E-state index is 12.9. The molecule has 0 bridgehead atoms. The highest BCUT2D eigenvalue weighted by molar-refractivity contribution is 9.10. The summed E-state index contributed by atoms with van der Waals surface area (Å²) in [5.74, 6) is 0.0238. The number of alkyl halides is 3. The molecule has 0 aliphatic heterocycles. The quantitative estimate of drug-likeness (QED) is 0.791. The molecule has 2 aromatic carbocycles. The van der Waals surface area contributed by atoms with Gasteiger partial charge in [0.05, 0.1) is 5.56 Å². The Morgan fingerprint density at radius 2 is 1.79 bits per heavy atom. The van der Waals surface area contributed by atoms with Crippen molar-refractivity contribution in [2.45, 2.75) is 16.0 Å². The molecule has 0 amide bonds. The summed E-state index contributed by atoms with van der Waals surface area (Å²) in [6.07, 6.45) is -4.41. The third-order valence-corrected chi connectivity index (χ3v) is 3.85. The van der Waals surface area contributed by atoms with Crippen molar-refractivity contribution in [3.8, 4) is 5.75 Å². The van der Waals surface area contributed by atoms with Crippen LogP contribution in [0.15, 0.2) is 56.7 Å². The van der Waals surface area contributed by atoms with Crippen molar-refractivity contribution in [1.82, 2.24) is 0 Å². The van der Waals surface area contributed by atoms with Crippen molar-refractivity contribution < 1.29 is 18.3 Å². The summed E-state index contributed by atoms with van der Waals surface area (Å²) in [6.45, 7) is 0. The number of rotatable bonds is 2. The van der Waals surface area contributed by atoms with Crippen LogP contribution in [0.25, 0.3) is 0 Å². The molecule has 100 valence electrons. The standard InChI is InChI=1S/C13H8BrF3OS/c14-8-4-5-12(11(6-8)13(15,16)17)19-10-3-1-2-9(18)7-10/h1-7,18H. The summed E-state index contributed by atoms with van der Waals surface area (Å²) < 4.78 is 39.2. The normalized spacial score (nSPS) is 11.6. The summed E-state index contributed by atoms with van der Waals surface area (Å²) in [4.78, 5) is 0.647. The van der Waals surface area contributed by atoms with E-state index in [4.69, 9.17) is 0 Å². The smallest absolute Gasteiger partial charge is 0.417 e. The third-order valence-electron chi connectivity index (χ3n) is 2.29. The molecular weight excluding hydrogens is 341 g/mol. The number of hydrogen-bond acceptors (Lipinski definition) is 2. The Kier molecular flexibility index (Phi) is 4.10. The Morgan fingerprint density at radius 1 is 1.05 bits per heavy atom. The molecule has 0 heterocycles. The lowest BCUT2D eigenvalue weighted by atomic mass is 10.2. The van der Waals surface area contributed by atoms with Crippen LogP contribution in [0.3, 0.4) is 0 Å². The van der Waals surface area contributed by atoms with Gasteiger partial charge in [-0.25, -0.2) is 0 Å². The fourth-order valence-corrected chi connectivity index (χ4v) is 2.85. The number of phenols is 1. The van der Waals surface area contributed by atoms with Gasteiger partial charge in [-0.15, -0.1) is 0 Å². The Labute approximate surface area is 120 Å². The topological polar surface area (TPSA) is 20.2 Å². The second-order valence-electron chi connectivity index (χ2n) is 3.74. The van der Waals surface area contributed by atoms with Crippen LogP contribution in [0, 0.1) is 0 Å². The molecule has 0 radical (unpaired) electrons. The van der Waals surface area contributed by atoms with E-state index >= 15 is 0 Å². The molecule has 19 heavy (non-hydrogen) atoms. The molecule has 1 N–H and O–H groups in total. The van der Waals surface area contributed by atoms with Gasteiger partial charge in [-0.1, -0.05) is 33.8 Å². The number of aromatic hydroxyl groups is 1. The van der Waals surface area contributed by atoms with Gasteiger partial charge in [0.1, 0.15) is 5.75 Å². The summed E-state index contributed by atoms with van der Waals surface area (Å²) in [5.41, 5.74) is -0.699. The predicted octanol–water partition coefficient (Wildman–Crippen LogP) is 5.32. The molecule has 2 aromatic rings. The van der Waals surface area contributed by atoms with Gasteiger partial charge in [-0.3, -0.25) is 0 Å². The molecule has 0 atom stereocenters. The average molecular weight is 349 g/mol. The van der Waals surface area contributed by atoms with Crippen molar-refractivity contribution in [3.05, 3.63) is 52.5 Å². The van der Waals surface area contributed by atoms with Crippen LogP contribution in [0.2, 0.25) is 0 Å². The number of benzene rings is 2. The highest BCUT2D eigenvalue weighted by Gasteiger charge is 2.33. The van der Waals surface area contributed by atoms with Crippen molar-refractivity contribution in [2.24, 2.45) is 0 Å². The minimum absolute atomic E-state index is 0.0238. The van der Waals surface area contributed by atoms with E-state index in [0.29, 0.717) is 9.37 Å². The van der Waals surface area contributed by atoms with Gasteiger partial charge in [-0.05, 0) is 36.4 Å². The molecule has 2 rings (SSSR count). The van der Waals surface area contributed by atoms with Crippen molar-refractivity contribution in [3.63, 3.8) is 0 Å². The van der Waals surface area contributed by atoms with Crippen LogP contribution in [-0.2, 0) is 6.18 Å². The minimum atomic E-state index is -4.41. The van der Waals surface area contributed by atoms with E-state index in [9.17, 15) is 18.3 Å². The highest BCUT2D eigenvalue weighted by atomic mass is 79.9. The van der Waals surface area contributed by atoms with Gasteiger partial charge >= 0.3 is 6.18 Å². The summed E-state index contributed by atoms with van der Waals surface area (Å²) in [6, 6.07) is 10.1. The van der Waals surface area contributed by atoms with Gasteiger partial charge in [0.25, 0.3) is 0 Å². The van der Waals surface area contributed by atoms with Gasteiger partial charge in [-0.2, -0.15) is 13.2 Å². The van der Waals surface area contributed by atoms with E-state index in [0.717, 1.165) is 17.8 Å². The SMILES string of the molecule is Oc1cccc(Sc2ccc(Br)cc2C(F)(F)F)c1. The van der Waals surface area contributed by atoms with Gasteiger partial charge in [0.15, 0.2) is 0 Å². The van der Waals surface area contributed by atoms with E-state index in [-0.39, 0.29) is 10.6 Å². The Hall–Kier alpha value is -1.14. The number of phenolic OH excluding ortho intramolecular Hbond substituents is 1. The molecule has 0 aliphatic rings. The largest absolute Gasteiger partial charge is 0.508 e. The summed E-state index contributed by atoms with van der Waals surface area (Å²) in [5, 5.41) is 9.32. The minimum Gasteiger partial charge on any atom is -0.508 e. The lowest BCUT2D eigenvalue weighted by Gasteiger charge is -2.13. The van der Waals surface area contributed by atoms with Crippen molar-refractivity contribution in [2.75, 3.05) is 0 Å². The maximum Gasteiger partial charge on any atom is 0.417 e. The molecule has 0 spiro atoms. The first-order valence-electron chi connectivity index (χ1n) is 5.20. The first-order chi connectivity index (χ1) is 8.86. The fourth-order valence-electron chi connectivity index (χ4n) is 1.49. The maximum atomic E-state index is 12.9. The van der Waals surface area contributed by atoms with Crippen LogP contribution in [-0.4, -0.2) is 5.11 Å². The molecule has 0 aliphatic carbocycles. The average Bonchev–Trinajstić information content (AvgIpc) is 2.30. The molecule has 0 aromatic heterocycles. The first kappa shape index (κ1) is 14.3. The zero-order chi connectivity index (χ0) is 14.0. The van der Waals surface area contributed by atoms with Crippen LogP contribution in [0.5, 0.6) is 5.75 Å². The van der Waals surface area contributed by atoms with Gasteiger partial charge in [0, 0.05) is 14.3 Å². The second kappa shape index (κ2) is 5.46. The fraction of sp³-hybridized carbons (Fsp3) is 0.0769. The molecule has 0 saturated heterocycles. The lowest BCUT2D eigenvalue weighted by molar-refractivity contribution is -0.139. The van der Waals surface area contributed by atoms with Crippen LogP contribution in [0.1, 0.15) is 5.56 Å². The zero-order valence-electron chi connectivity index (χ0n) is 9.41. The Bertz CT molecular complexity index is 599. The van der Waals surface area contributed by atoms with Crippen molar-refractivity contribution in [1.29, 1.82) is 0 Å². The molecule has 1 nitrogen and oxygen atoms in total. The molecule has 0 fully saturated rings. The number of hydrogen-bond donors (Lipinski definition) is 1. The highest BCUT2D eigenvalue weighted by Crippen LogP contribution is 2.41. The van der Waals surface area contributed by atoms with E-state index in [2.05, 4.69) is 15.9 Å². The lowest BCUT2D eigenvalue weighted by Crippen LogP contribution is -2.06. The summed E-state index contributed by atoms with van der Waals surface area (Å²) in [7, 11) is 0.